The van der Waals surface area contributed by atoms with Gasteiger partial charge < -0.3 is 5.32 Å². The molecule has 1 N–H and O–H groups in total. The first-order chi connectivity index (χ1) is 7.72. The summed E-state index contributed by atoms with van der Waals surface area (Å²) in [6.45, 7) is 8.78. The highest BCUT2D eigenvalue weighted by Gasteiger charge is 1.97. The molecule has 0 aliphatic rings. The summed E-state index contributed by atoms with van der Waals surface area (Å²) in [5.41, 5.74) is 2.76. The minimum absolute atomic E-state index is 0.717. The van der Waals surface area contributed by atoms with Crippen molar-refractivity contribution in [3.63, 3.8) is 0 Å². The van der Waals surface area contributed by atoms with E-state index in [9.17, 15) is 0 Å². The minimum Gasteiger partial charge on any atom is -0.313 e. The molecular weight excluding hydrogens is 194 g/mol. The van der Waals surface area contributed by atoms with Crippen molar-refractivity contribution in [3.05, 3.63) is 41.5 Å². The fourth-order valence-corrected chi connectivity index (χ4v) is 1.58. The minimum atomic E-state index is 0.717. The van der Waals surface area contributed by atoms with Crippen molar-refractivity contribution in [2.45, 2.75) is 27.2 Å². The predicted octanol–water partition coefficient (Wildman–Crippen LogP) is 3.73. The van der Waals surface area contributed by atoms with Crippen LogP contribution in [0.4, 0.5) is 0 Å². The van der Waals surface area contributed by atoms with Crippen molar-refractivity contribution in [2.75, 3.05) is 13.1 Å². The van der Waals surface area contributed by atoms with E-state index < -0.39 is 0 Å². The molecule has 1 nitrogen and oxygen atoms in total. The Morgan fingerprint density at radius 3 is 2.50 bits per heavy atom. The van der Waals surface area contributed by atoms with Gasteiger partial charge in [-0.25, -0.2) is 0 Å². The first kappa shape index (κ1) is 13.0. The van der Waals surface area contributed by atoms with Crippen molar-refractivity contribution in [1.29, 1.82) is 0 Å². The maximum Gasteiger partial charge on any atom is 0.0167 e. The van der Waals surface area contributed by atoms with E-state index in [4.69, 9.17) is 0 Å². The summed E-state index contributed by atoms with van der Waals surface area (Å²) in [6.07, 6.45) is 3.40. The topological polar surface area (TPSA) is 12.0 Å². The van der Waals surface area contributed by atoms with Gasteiger partial charge in [0.2, 0.25) is 0 Å². The molecule has 1 aromatic rings. The lowest BCUT2D eigenvalue weighted by Crippen LogP contribution is -2.21. The van der Waals surface area contributed by atoms with Crippen molar-refractivity contribution < 1.29 is 0 Å². The van der Waals surface area contributed by atoms with Crippen LogP contribution in [0.1, 0.15) is 32.8 Å². The molecule has 0 amide bonds. The number of hydrogen-bond donors (Lipinski definition) is 1. The molecule has 0 aliphatic carbocycles. The zero-order chi connectivity index (χ0) is 11.8. The molecule has 0 atom stereocenters. The first-order valence-electron chi connectivity index (χ1n) is 6.17. The van der Waals surface area contributed by atoms with Gasteiger partial charge in [0.25, 0.3) is 0 Å². The highest BCUT2D eigenvalue weighted by molar-refractivity contribution is 5.52. The van der Waals surface area contributed by atoms with Gasteiger partial charge in [0.15, 0.2) is 0 Å². The van der Waals surface area contributed by atoms with E-state index in [1.54, 1.807) is 0 Å². The molecule has 0 aliphatic heterocycles. The van der Waals surface area contributed by atoms with Gasteiger partial charge in [-0.3, -0.25) is 0 Å². The van der Waals surface area contributed by atoms with Crippen molar-refractivity contribution in [1.82, 2.24) is 5.32 Å². The molecule has 1 rings (SSSR count). The van der Waals surface area contributed by atoms with Gasteiger partial charge in [0.1, 0.15) is 0 Å². The van der Waals surface area contributed by atoms with Crippen LogP contribution in [-0.4, -0.2) is 13.1 Å². The molecule has 0 heterocycles. The standard InChI is InChI=1S/C15H23N/c1-4-14(12-16-11-13(2)3)10-15-8-6-5-7-9-15/h5-10,13,16H,4,11-12H2,1-3H3. The number of hydrogen-bond acceptors (Lipinski definition) is 1. The SMILES string of the molecule is CCC(=Cc1ccccc1)CNCC(C)C. The molecule has 88 valence electrons. The largest absolute Gasteiger partial charge is 0.313 e. The summed E-state index contributed by atoms with van der Waals surface area (Å²) in [6, 6.07) is 10.5. The summed E-state index contributed by atoms with van der Waals surface area (Å²) in [4.78, 5) is 0. The lowest BCUT2D eigenvalue weighted by Gasteiger charge is -2.09. The average molecular weight is 217 g/mol. The third-order valence-corrected chi connectivity index (χ3v) is 2.53. The molecule has 0 unspecified atom stereocenters. The summed E-state index contributed by atoms with van der Waals surface area (Å²) < 4.78 is 0. The fourth-order valence-electron chi connectivity index (χ4n) is 1.58. The van der Waals surface area contributed by atoms with E-state index in [-0.39, 0.29) is 0 Å². The van der Waals surface area contributed by atoms with Gasteiger partial charge in [-0.05, 0) is 24.4 Å². The Balaban J connectivity index is 2.50. The summed E-state index contributed by atoms with van der Waals surface area (Å²) in [5.74, 6) is 0.717. The second-order valence-electron chi connectivity index (χ2n) is 4.59. The lowest BCUT2D eigenvalue weighted by molar-refractivity contribution is 0.569. The Bertz CT molecular complexity index is 311. The Kier molecular flexibility index (Phi) is 5.87. The molecule has 0 saturated carbocycles. The van der Waals surface area contributed by atoms with Gasteiger partial charge in [0.05, 0.1) is 0 Å². The highest BCUT2D eigenvalue weighted by Crippen LogP contribution is 2.08. The second-order valence-corrected chi connectivity index (χ2v) is 4.59. The van der Waals surface area contributed by atoms with Gasteiger partial charge in [-0.1, -0.05) is 62.8 Å². The van der Waals surface area contributed by atoms with Gasteiger partial charge in [-0.2, -0.15) is 0 Å². The third kappa shape index (κ3) is 5.13. The van der Waals surface area contributed by atoms with Crippen LogP contribution >= 0.6 is 0 Å². The molecule has 1 heteroatoms. The average Bonchev–Trinajstić information content (AvgIpc) is 2.28. The molecule has 16 heavy (non-hydrogen) atoms. The lowest BCUT2D eigenvalue weighted by atomic mass is 10.1. The molecular formula is C15H23N. The van der Waals surface area contributed by atoms with Gasteiger partial charge in [-0.15, -0.1) is 0 Å². The van der Waals surface area contributed by atoms with Crippen LogP contribution in [0.5, 0.6) is 0 Å². The normalized spacial score (nSPS) is 12.1. The predicted molar refractivity (Wildman–Crippen MR) is 72.4 cm³/mol. The van der Waals surface area contributed by atoms with Crippen LogP contribution < -0.4 is 5.32 Å². The monoisotopic (exact) mass is 217 g/mol. The van der Waals surface area contributed by atoms with Crippen LogP contribution in [0.25, 0.3) is 6.08 Å². The van der Waals surface area contributed by atoms with Crippen LogP contribution in [0.3, 0.4) is 0 Å². The number of nitrogens with one attached hydrogen (secondary N) is 1. The Labute approximate surface area is 99.6 Å². The van der Waals surface area contributed by atoms with Gasteiger partial charge >= 0.3 is 0 Å². The maximum atomic E-state index is 3.49. The fraction of sp³-hybridized carbons (Fsp3) is 0.467. The quantitative estimate of drug-likeness (QED) is 0.765. The molecule has 0 bridgehead atoms. The van der Waals surface area contributed by atoms with Crippen LogP contribution in [0.2, 0.25) is 0 Å². The zero-order valence-electron chi connectivity index (χ0n) is 10.7. The Morgan fingerprint density at radius 1 is 1.25 bits per heavy atom. The van der Waals surface area contributed by atoms with Gasteiger partial charge in [0, 0.05) is 6.54 Å². The van der Waals surface area contributed by atoms with Crippen LogP contribution in [0, 0.1) is 5.92 Å². The number of benzene rings is 1. The third-order valence-electron chi connectivity index (χ3n) is 2.53. The second kappa shape index (κ2) is 7.24. The number of rotatable bonds is 6. The van der Waals surface area contributed by atoms with E-state index in [2.05, 4.69) is 62.5 Å². The summed E-state index contributed by atoms with van der Waals surface area (Å²) in [5, 5.41) is 3.49. The highest BCUT2D eigenvalue weighted by atomic mass is 14.9. The molecule has 0 saturated heterocycles. The van der Waals surface area contributed by atoms with Crippen molar-refractivity contribution in [3.8, 4) is 0 Å². The first-order valence-corrected chi connectivity index (χ1v) is 6.17. The Morgan fingerprint density at radius 2 is 1.94 bits per heavy atom. The molecule has 1 aromatic carbocycles. The smallest absolute Gasteiger partial charge is 0.0167 e. The summed E-state index contributed by atoms with van der Waals surface area (Å²) in [7, 11) is 0. The van der Waals surface area contributed by atoms with E-state index in [1.807, 2.05) is 0 Å². The van der Waals surface area contributed by atoms with E-state index in [0.717, 1.165) is 25.4 Å². The molecule has 0 aromatic heterocycles. The Hall–Kier alpha value is -1.08. The molecule has 0 spiro atoms. The van der Waals surface area contributed by atoms with Crippen LogP contribution in [0.15, 0.2) is 35.9 Å². The van der Waals surface area contributed by atoms with Crippen molar-refractivity contribution >= 4 is 6.08 Å². The summed E-state index contributed by atoms with van der Waals surface area (Å²) >= 11 is 0. The molecule has 0 fully saturated rings. The van der Waals surface area contributed by atoms with E-state index >= 15 is 0 Å². The van der Waals surface area contributed by atoms with Crippen LogP contribution in [-0.2, 0) is 0 Å². The zero-order valence-corrected chi connectivity index (χ0v) is 10.7. The van der Waals surface area contributed by atoms with E-state index in [1.165, 1.54) is 11.1 Å². The molecule has 0 radical (unpaired) electrons. The maximum absolute atomic E-state index is 3.49. The van der Waals surface area contributed by atoms with E-state index in [0.29, 0.717) is 0 Å². The van der Waals surface area contributed by atoms with Crippen molar-refractivity contribution in [2.24, 2.45) is 5.92 Å².